The van der Waals surface area contributed by atoms with E-state index in [1.54, 1.807) is 5.01 Å². The highest BCUT2D eigenvalue weighted by Gasteiger charge is 2.31. The fraction of sp³-hybridized carbons (Fsp3) is 0.333. The van der Waals surface area contributed by atoms with Crippen LogP contribution in [0.1, 0.15) is 20.3 Å². The molecule has 1 N–H and O–H groups in total. The summed E-state index contributed by atoms with van der Waals surface area (Å²) >= 11 is 0. The maximum absolute atomic E-state index is 12.6. The highest BCUT2D eigenvalue weighted by molar-refractivity contribution is 6.02. The Kier molecular flexibility index (Phi) is 4.19. The minimum atomic E-state index is -0.257. The monoisotopic (exact) mass is 311 g/mol. The summed E-state index contributed by atoms with van der Waals surface area (Å²) in [5.74, 6) is -0.142. The average molecular weight is 311 g/mol. The van der Waals surface area contributed by atoms with Crippen LogP contribution in [0, 0.1) is 5.92 Å². The van der Waals surface area contributed by atoms with Crippen LogP contribution in [-0.2, 0) is 4.79 Å². The van der Waals surface area contributed by atoms with Crippen molar-refractivity contribution < 1.29 is 9.59 Å². The summed E-state index contributed by atoms with van der Waals surface area (Å²) in [6, 6.07) is 13.5. The predicted molar refractivity (Wildman–Crippen MR) is 90.8 cm³/mol. The van der Waals surface area contributed by atoms with Crippen LogP contribution in [0.25, 0.3) is 10.8 Å². The largest absolute Gasteiger partial charge is 0.340 e. The van der Waals surface area contributed by atoms with Gasteiger partial charge in [-0.25, -0.2) is 14.8 Å². The van der Waals surface area contributed by atoms with Gasteiger partial charge in [0.05, 0.1) is 5.69 Å². The van der Waals surface area contributed by atoms with E-state index < -0.39 is 0 Å². The van der Waals surface area contributed by atoms with Gasteiger partial charge >= 0.3 is 6.03 Å². The van der Waals surface area contributed by atoms with E-state index in [0.717, 1.165) is 22.9 Å². The second-order valence-electron chi connectivity index (χ2n) is 6.05. The van der Waals surface area contributed by atoms with Crippen molar-refractivity contribution in [3.8, 4) is 0 Å². The van der Waals surface area contributed by atoms with Crippen LogP contribution < -0.4 is 5.32 Å². The number of anilines is 1. The molecule has 0 aromatic heterocycles. The van der Waals surface area contributed by atoms with Gasteiger partial charge in [0.1, 0.15) is 0 Å². The first-order valence-corrected chi connectivity index (χ1v) is 7.95. The maximum atomic E-state index is 12.6. The lowest BCUT2D eigenvalue weighted by Crippen LogP contribution is -2.48. The Balaban J connectivity index is 1.82. The number of carbonyl (C=O) groups is 2. The quantitative estimate of drug-likeness (QED) is 0.923. The smallest absolute Gasteiger partial charge is 0.306 e. The molecule has 0 unspecified atom stereocenters. The molecule has 3 amide bonds. The summed E-state index contributed by atoms with van der Waals surface area (Å²) in [5, 5.41) is 8.08. The summed E-state index contributed by atoms with van der Waals surface area (Å²) in [6.45, 7) is 4.86. The Morgan fingerprint density at radius 3 is 2.48 bits per heavy atom. The van der Waals surface area contributed by atoms with Gasteiger partial charge in [0.2, 0.25) is 5.91 Å². The van der Waals surface area contributed by atoms with Gasteiger partial charge in [0.15, 0.2) is 0 Å². The molecule has 0 radical (unpaired) electrons. The molecule has 2 aromatic rings. The lowest BCUT2D eigenvalue weighted by molar-refractivity contribution is -0.143. The summed E-state index contributed by atoms with van der Waals surface area (Å²) in [7, 11) is 0. The van der Waals surface area contributed by atoms with Crippen LogP contribution in [0.4, 0.5) is 10.5 Å². The summed E-state index contributed by atoms with van der Waals surface area (Å²) in [6.07, 6.45) is 0.807. The number of benzene rings is 2. The van der Waals surface area contributed by atoms with Gasteiger partial charge in [0.25, 0.3) is 0 Å². The number of nitrogens with zero attached hydrogens (tertiary/aromatic N) is 2. The fourth-order valence-corrected chi connectivity index (χ4v) is 2.86. The minimum absolute atomic E-state index is 0.0180. The normalized spacial score (nSPS) is 14.6. The van der Waals surface area contributed by atoms with Crippen molar-refractivity contribution in [3.63, 3.8) is 0 Å². The van der Waals surface area contributed by atoms with E-state index in [1.807, 2.05) is 56.3 Å². The molecule has 0 atom stereocenters. The number of hydrogen-bond donors (Lipinski definition) is 1. The minimum Gasteiger partial charge on any atom is -0.306 e. The van der Waals surface area contributed by atoms with Crippen LogP contribution in [0.15, 0.2) is 42.5 Å². The van der Waals surface area contributed by atoms with Crippen molar-refractivity contribution in [2.75, 3.05) is 18.4 Å². The molecule has 5 nitrogen and oxygen atoms in total. The number of rotatable bonds is 2. The van der Waals surface area contributed by atoms with Gasteiger partial charge in [-0.2, -0.15) is 0 Å². The van der Waals surface area contributed by atoms with E-state index in [9.17, 15) is 9.59 Å². The molecular weight excluding hydrogens is 290 g/mol. The third-order valence-electron chi connectivity index (χ3n) is 4.05. The molecule has 1 saturated heterocycles. The number of carbonyl (C=O) groups excluding carboxylic acids is 2. The molecule has 23 heavy (non-hydrogen) atoms. The van der Waals surface area contributed by atoms with Crippen LogP contribution in [-0.4, -0.2) is 35.0 Å². The number of hydrazine groups is 1. The van der Waals surface area contributed by atoms with Crippen molar-refractivity contribution in [2.45, 2.75) is 20.3 Å². The Hall–Kier alpha value is -2.56. The number of amides is 3. The van der Waals surface area contributed by atoms with Crippen molar-refractivity contribution >= 4 is 28.4 Å². The number of hydrogen-bond acceptors (Lipinski definition) is 2. The first-order chi connectivity index (χ1) is 11.1. The highest BCUT2D eigenvalue weighted by atomic mass is 16.2. The van der Waals surface area contributed by atoms with Crippen molar-refractivity contribution in [1.82, 2.24) is 10.0 Å². The standard InChI is InChI=1S/C18H21N3O2/c1-13(2)17(22)20-11-6-12-21(20)18(23)19-16-10-5-8-14-7-3-4-9-15(14)16/h3-5,7-10,13H,6,11-12H2,1-2H3,(H,19,23). The SMILES string of the molecule is CC(C)C(=O)N1CCCN1C(=O)Nc1cccc2ccccc12. The van der Waals surface area contributed by atoms with E-state index in [-0.39, 0.29) is 17.9 Å². The van der Waals surface area contributed by atoms with Crippen molar-refractivity contribution in [1.29, 1.82) is 0 Å². The number of nitrogens with one attached hydrogen (secondary N) is 1. The average Bonchev–Trinajstić information content (AvgIpc) is 3.04. The van der Waals surface area contributed by atoms with Crippen LogP contribution in [0.3, 0.4) is 0 Å². The summed E-state index contributed by atoms with van der Waals surface area (Å²) < 4.78 is 0. The molecule has 0 aliphatic carbocycles. The molecular formula is C18H21N3O2. The third-order valence-corrected chi connectivity index (χ3v) is 4.05. The third kappa shape index (κ3) is 2.99. The molecule has 1 aliphatic rings. The highest BCUT2D eigenvalue weighted by Crippen LogP contribution is 2.24. The number of fused-ring (bicyclic) bond motifs is 1. The molecule has 120 valence electrons. The van der Waals surface area contributed by atoms with E-state index in [0.29, 0.717) is 13.1 Å². The van der Waals surface area contributed by atoms with Crippen molar-refractivity contribution in [3.05, 3.63) is 42.5 Å². The van der Waals surface area contributed by atoms with E-state index >= 15 is 0 Å². The fourth-order valence-electron chi connectivity index (χ4n) is 2.86. The van der Waals surface area contributed by atoms with E-state index in [4.69, 9.17) is 0 Å². The molecule has 0 saturated carbocycles. The number of urea groups is 1. The molecule has 5 heteroatoms. The van der Waals surface area contributed by atoms with Crippen molar-refractivity contribution in [2.24, 2.45) is 5.92 Å². The second kappa shape index (κ2) is 6.28. The van der Waals surface area contributed by atoms with Gasteiger partial charge in [-0.1, -0.05) is 50.2 Å². The van der Waals surface area contributed by atoms with Gasteiger partial charge in [-0.15, -0.1) is 0 Å². The Labute approximate surface area is 135 Å². The Morgan fingerprint density at radius 1 is 1.00 bits per heavy atom. The molecule has 0 spiro atoms. The first kappa shape index (κ1) is 15.3. The zero-order valence-electron chi connectivity index (χ0n) is 13.5. The molecule has 2 aromatic carbocycles. The van der Waals surface area contributed by atoms with Gasteiger partial charge in [0, 0.05) is 24.4 Å². The maximum Gasteiger partial charge on any atom is 0.340 e. The van der Waals surface area contributed by atoms with E-state index in [1.165, 1.54) is 5.01 Å². The zero-order valence-corrected chi connectivity index (χ0v) is 13.5. The molecule has 1 fully saturated rings. The van der Waals surface area contributed by atoms with E-state index in [2.05, 4.69) is 5.32 Å². The predicted octanol–water partition coefficient (Wildman–Crippen LogP) is 3.48. The Morgan fingerprint density at radius 2 is 1.70 bits per heavy atom. The Bertz CT molecular complexity index is 737. The zero-order chi connectivity index (χ0) is 16.4. The lowest BCUT2D eigenvalue weighted by atomic mass is 10.1. The first-order valence-electron chi connectivity index (χ1n) is 7.95. The second-order valence-corrected chi connectivity index (χ2v) is 6.05. The molecule has 0 bridgehead atoms. The van der Waals surface area contributed by atoms with Gasteiger partial charge < -0.3 is 5.32 Å². The molecule has 3 rings (SSSR count). The molecule has 1 aliphatic heterocycles. The van der Waals surface area contributed by atoms with Gasteiger partial charge in [-0.3, -0.25) is 4.79 Å². The lowest BCUT2D eigenvalue weighted by Gasteiger charge is -2.29. The topological polar surface area (TPSA) is 52.7 Å². The summed E-state index contributed by atoms with van der Waals surface area (Å²) in [4.78, 5) is 24.8. The molecule has 1 heterocycles. The van der Waals surface area contributed by atoms with Gasteiger partial charge in [-0.05, 0) is 17.9 Å². The van der Waals surface area contributed by atoms with Crippen LogP contribution in [0.2, 0.25) is 0 Å². The van der Waals surface area contributed by atoms with Crippen LogP contribution >= 0.6 is 0 Å². The summed E-state index contributed by atoms with van der Waals surface area (Å²) in [5.41, 5.74) is 0.761. The van der Waals surface area contributed by atoms with Crippen LogP contribution in [0.5, 0.6) is 0 Å².